The Balaban J connectivity index is 1.98. The van der Waals surface area contributed by atoms with Crippen LogP contribution in [0.1, 0.15) is 25.7 Å². The molecule has 54 valence electrons. The maximum absolute atomic E-state index is 3.35. The fourth-order valence-corrected chi connectivity index (χ4v) is 1.70. The molecule has 1 N–H and O–H groups in total. The highest BCUT2D eigenvalue weighted by Crippen LogP contribution is 2.23. The lowest BCUT2D eigenvalue weighted by Crippen LogP contribution is -2.18. The molecule has 0 saturated heterocycles. The smallest absolute Gasteiger partial charge is 0.0517 e. The summed E-state index contributed by atoms with van der Waals surface area (Å²) in [6, 6.07) is 0. The lowest BCUT2D eigenvalue weighted by Gasteiger charge is -2.06. The van der Waals surface area contributed by atoms with E-state index in [0.717, 1.165) is 11.4 Å². The van der Waals surface area contributed by atoms with Crippen LogP contribution in [0.25, 0.3) is 0 Å². The molecule has 0 atom stereocenters. The summed E-state index contributed by atoms with van der Waals surface area (Å²) in [5, 5.41) is 3.31. The summed E-state index contributed by atoms with van der Waals surface area (Å²) in [6.45, 7) is 1.21. The van der Waals surface area contributed by atoms with Crippen LogP contribution < -0.4 is 5.32 Å². The maximum atomic E-state index is 3.35. The molecule has 0 unspecified atom stereocenters. The number of hydrogen-bond donors (Lipinski definition) is 1. The van der Waals surface area contributed by atoms with Crippen LogP contribution in [0.4, 0.5) is 0 Å². The van der Waals surface area contributed by atoms with Gasteiger partial charge in [0.25, 0.3) is 0 Å². The van der Waals surface area contributed by atoms with E-state index in [-0.39, 0.29) is 0 Å². The van der Waals surface area contributed by atoms with Gasteiger partial charge in [-0.3, -0.25) is 0 Å². The highest BCUT2D eigenvalue weighted by molar-refractivity contribution is 9.09. The first kappa shape index (κ1) is 7.55. The monoisotopic (exact) mass is 191 g/mol. The van der Waals surface area contributed by atoms with Gasteiger partial charge >= 0.3 is 0 Å². The lowest BCUT2D eigenvalue weighted by molar-refractivity contribution is 0.513. The SMILES string of the molecule is BrCNCC1CCCC1. The minimum Gasteiger partial charge on any atom is -0.307 e. The topological polar surface area (TPSA) is 12.0 Å². The molecule has 1 nitrogen and oxygen atoms in total. The highest BCUT2D eigenvalue weighted by Gasteiger charge is 2.13. The van der Waals surface area contributed by atoms with E-state index >= 15 is 0 Å². The average molecular weight is 192 g/mol. The average Bonchev–Trinajstić information content (AvgIpc) is 2.34. The van der Waals surface area contributed by atoms with Crippen molar-refractivity contribution in [3.8, 4) is 0 Å². The lowest BCUT2D eigenvalue weighted by atomic mass is 10.1. The summed E-state index contributed by atoms with van der Waals surface area (Å²) >= 11 is 3.35. The van der Waals surface area contributed by atoms with Gasteiger partial charge in [-0.25, -0.2) is 0 Å². The third-order valence-corrected chi connectivity index (χ3v) is 2.40. The Hall–Kier alpha value is 0.440. The van der Waals surface area contributed by atoms with Gasteiger partial charge in [-0.15, -0.1) is 0 Å². The van der Waals surface area contributed by atoms with E-state index in [4.69, 9.17) is 0 Å². The van der Waals surface area contributed by atoms with Crippen LogP contribution in [-0.4, -0.2) is 12.0 Å². The van der Waals surface area contributed by atoms with E-state index < -0.39 is 0 Å². The van der Waals surface area contributed by atoms with Crippen LogP contribution in [0.3, 0.4) is 0 Å². The van der Waals surface area contributed by atoms with Gasteiger partial charge in [0.1, 0.15) is 0 Å². The van der Waals surface area contributed by atoms with E-state index in [2.05, 4.69) is 21.2 Å². The summed E-state index contributed by atoms with van der Waals surface area (Å²) in [5.41, 5.74) is 0.948. The predicted octanol–water partition coefficient (Wildman–Crippen LogP) is 2.12. The number of halogens is 1. The standard InChI is InChI=1S/C7H14BrN/c8-6-9-5-7-3-1-2-4-7/h7,9H,1-6H2. The number of hydrogen-bond acceptors (Lipinski definition) is 1. The zero-order valence-corrected chi connectivity index (χ0v) is 7.28. The Bertz CT molecular complexity index is 69.3. The molecule has 1 saturated carbocycles. The third kappa shape index (κ3) is 2.67. The molecule has 0 heterocycles. The highest BCUT2D eigenvalue weighted by atomic mass is 79.9. The molecule has 0 spiro atoms. The minimum atomic E-state index is 0.948. The first-order chi connectivity index (χ1) is 4.43. The van der Waals surface area contributed by atoms with Crippen LogP contribution in [0.2, 0.25) is 0 Å². The van der Waals surface area contributed by atoms with Crippen molar-refractivity contribution in [2.45, 2.75) is 25.7 Å². The Morgan fingerprint density at radius 1 is 1.33 bits per heavy atom. The van der Waals surface area contributed by atoms with Gasteiger partial charge in [-0.1, -0.05) is 28.8 Å². The number of nitrogens with one attached hydrogen (secondary N) is 1. The largest absolute Gasteiger partial charge is 0.307 e. The van der Waals surface area contributed by atoms with Crippen molar-refractivity contribution in [2.75, 3.05) is 12.0 Å². The molecule has 0 amide bonds. The van der Waals surface area contributed by atoms with E-state index in [1.54, 1.807) is 0 Å². The molecule has 0 bridgehead atoms. The first-order valence-electron chi connectivity index (χ1n) is 3.70. The van der Waals surface area contributed by atoms with Crippen LogP contribution in [0, 0.1) is 5.92 Å². The Labute approximate surface area is 65.3 Å². The van der Waals surface area contributed by atoms with Gasteiger partial charge in [0.15, 0.2) is 0 Å². The van der Waals surface area contributed by atoms with E-state index in [1.165, 1.54) is 32.2 Å². The molecule has 0 radical (unpaired) electrons. The molecule has 1 rings (SSSR count). The second-order valence-electron chi connectivity index (χ2n) is 2.74. The molecule has 1 aliphatic carbocycles. The summed E-state index contributed by atoms with van der Waals surface area (Å²) < 4.78 is 0. The molecular weight excluding hydrogens is 178 g/mol. The fourth-order valence-electron chi connectivity index (χ4n) is 1.47. The molecular formula is C7H14BrN. The van der Waals surface area contributed by atoms with Crippen molar-refractivity contribution < 1.29 is 0 Å². The quantitative estimate of drug-likeness (QED) is 0.533. The zero-order valence-electron chi connectivity index (χ0n) is 5.70. The maximum Gasteiger partial charge on any atom is 0.0517 e. The van der Waals surface area contributed by atoms with Crippen molar-refractivity contribution in [3.63, 3.8) is 0 Å². The Morgan fingerprint density at radius 3 is 2.56 bits per heavy atom. The summed E-state index contributed by atoms with van der Waals surface area (Å²) in [5.74, 6) is 0.975. The van der Waals surface area contributed by atoms with Crippen LogP contribution in [-0.2, 0) is 0 Å². The molecule has 0 aromatic rings. The van der Waals surface area contributed by atoms with Gasteiger partial charge < -0.3 is 5.32 Å². The van der Waals surface area contributed by atoms with E-state index in [1.807, 2.05) is 0 Å². The Morgan fingerprint density at radius 2 is 2.00 bits per heavy atom. The van der Waals surface area contributed by atoms with Crippen molar-refractivity contribution in [3.05, 3.63) is 0 Å². The van der Waals surface area contributed by atoms with Crippen LogP contribution in [0.5, 0.6) is 0 Å². The second-order valence-corrected chi connectivity index (χ2v) is 3.30. The van der Waals surface area contributed by atoms with Crippen molar-refractivity contribution in [2.24, 2.45) is 5.92 Å². The van der Waals surface area contributed by atoms with Gasteiger partial charge in [-0.05, 0) is 25.3 Å². The Kier molecular flexibility index (Phi) is 3.59. The van der Waals surface area contributed by atoms with Crippen LogP contribution >= 0.6 is 15.9 Å². The van der Waals surface area contributed by atoms with Gasteiger partial charge in [0.05, 0.1) is 5.45 Å². The molecule has 9 heavy (non-hydrogen) atoms. The summed E-state index contributed by atoms with van der Waals surface area (Å²) in [7, 11) is 0. The molecule has 1 aliphatic rings. The van der Waals surface area contributed by atoms with Crippen molar-refractivity contribution in [1.82, 2.24) is 5.32 Å². The molecule has 0 aromatic carbocycles. The minimum absolute atomic E-state index is 0.948. The molecule has 2 heteroatoms. The normalized spacial score (nSPS) is 21.0. The predicted molar refractivity (Wildman–Crippen MR) is 43.8 cm³/mol. The van der Waals surface area contributed by atoms with E-state index in [9.17, 15) is 0 Å². The van der Waals surface area contributed by atoms with Gasteiger partial charge in [0.2, 0.25) is 0 Å². The second kappa shape index (κ2) is 4.29. The molecule has 1 fully saturated rings. The number of alkyl halides is 1. The van der Waals surface area contributed by atoms with Crippen molar-refractivity contribution in [1.29, 1.82) is 0 Å². The fraction of sp³-hybridized carbons (Fsp3) is 1.00. The zero-order chi connectivity index (χ0) is 6.53. The summed E-state index contributed by atoms with van der Waals surface area (Å²) in [6.07, 6.45) is 5.79. The van der Waals surface area contributed by atoms with Gasteiger partial charge in [0, 0.05) is 0 Å². The third-order valence-electron chi connectivity index (χ3n) is 2.00. The number of rotatable bonds is 3. The van der Waals surface area contributed by atoms with Gasteiger partial charge in [-0.2, -0.15) is 0 Å². The van der Waals surface area contributed by atoms with Crippen LogP contribution in [0.15, 0.2) is 0 Å². The van der Waals surface area contributed by atoms with Crippen molar-refractivity contribution >= 4 is 15.9 Å². The molecule has 0 aromatic heterocycles. The first-order valence-corrected chi connectivity index (χ1v) is 4.82. The van der Waals surface area contributed by atoms with E-state index in [0.29, 0.717) is 0 Å². The summed E-state index contributed by atoms with van der Waals surface area (Å²) in [4.78, 5) is 0. The molecule has 0 aliphatic heterocycles.